The van der Waals surface area contributed by atoms with Crippen LogP contribution in [0, 0.1) is 0 Å². The number of benzene rings is 1. The summed E-state index contributed by atoms with van der Waals surface area (Å²) >= 11 is 0. The van der Waals surface area contributed by atoms with Gasteiger partial charge in [0, 0.05) is 18.8 Å². The zero-order valence-electron chi connectivity index (χ0n) is 19.2. The van der Waals surface area contributed by atoms with E-state index in [1.165, 1.54) is 25.3 Å². The van der Waals surface area contributed by atoms with Gasteiger partial charge in [-0.25, -0.2) is 8.42 Å². The molecule has 0 aromatic heterocycles. The molecule has 1 saturated carbocycles. The first-order valence-electron chi connectivity index (χ1n) is 11.7. The Morgan fingerprint density at radius 2 is 1.91 bits per heavy atom. The lowest BCUT2D eigenvalue weighted by molar-refractivity contribution is -0.134. The highest BCUT2D eigenvalue weighted by Gasteiger charge is 2.39. The van der Waals surface area contributed by atoms with E-state index in [1.807, 2.05) is 0 Å². The molecule has 2 heterocycles. The SMILES string of the molecule is CN1C(=O)c2cc(NS(C)(=O)=O)ccc2OC[C@@H]2O[C@H](CC(=O)NC3CCCCC3)CC[C@H]21. The Labute approximate surface area is 195 Å². The highest BCUT2D eigenvalue weighted by atomic mass is 32.2. The molecule has 33 heavy (non-hydrogen) atoms. The van der Waals surface area contributed by atoms with Gasteiger partial charge in [-0.2, -0.15) is 0 Å². The summed E-state index contributed by atoms with van der Waals surface area (Å²) in [5.41, 5.74) is 0.612. The molecule has 2 aliphatic heterocycles. The van der Waals surface area contributed by atoms with E-state index in [1.54, 1.807) is 24.1 Å². The maximum atomic E-state index is 13.2. The Morgan fingerprint density at radius 1 is 1.15 bits per heavy atom. The first-order valence-corrected chi connectivity index (χ1v) is 13.6. The van der Waals surface area contributed by atoms with Gasteiger partial charge >= 0.3 is 0 Å². The van der Waals surface area contributed by atoms with Crippen molar-refractivity contribution < 1.29 is 27.5 Å². The number of sulfonamides is 1. The fourth-order valence-electron chi connectivity index (χ4n) is 5.05. The van der Waals surface area contributed by atoms with Gasteiger partial charge in [-0.15, -0.1) is 0 Å². The zero-order chi connectivity index (χ0) is 23.6. The van der Waals surface area contributed by atoms with Crippen molar-refractivity contribution in [3.8, 4) is 5.75 Å². The molecule has 3 aliphatic rings. The fraction of sp³-hybridized carbons (Fsp3) is 0.652. The Kier molecular flexibility index (Phi) is 7.13. The molecule has 9 nitrogen and oxygen atoms in total. The molecule has 3 atom stereocenters. The van der Waals surface area contributed by atoms with Crippen molar-refractivity contribution in [1.82, 2.24) is 10.2 Å². The molecule has 2 fully saturated rings. The summed E-state index contributed by atoms with van der Waals surface area (Å²) in [5.74, 6) is 0.150. The van der Waals surface area contributed by atoms with Gasteiger partial charge in [0.15, 0.2) is 0 Å². The van der Waals surface area contributed by atoms with Crippen molar-refractivity contribution >= 4 is 27.5 Å². The van der Waals surface area contributed by atoms with Crippen LogP contribution in [0.3, 0.4) is 0 Å². The molecule has 0 spiro atoms. The number of amides is 2. The van der Waals surface area contributed by atoms with Crippen LogP contribution in [0.25, 0.3) is 0 Å². The summed E-state index contributed by atoms with van der Waals surface area (Å²) in [7, 11) is -1.74. The number of hydrogen-bond donors (Lipinski definition) is 2. The van der Waals surface area contributed by atoms with Crippen molar-refractivity contribution in [2.45, 2.75) is 75.7 Å². The molecule has 1 aliphatic carbocycles. The number of rotatable bonds is 5. The van der Waals surface area contributed by atoms with Crippen LogP contribution in [0.4, 0.5) is 5.69 Å². The van der Waals surface area contributed by atoms with Crippen LogP contribution in [0.15, 0.2) is 18.2 Å². The van der Waals surface area contributed by atoms with Crippen LogP contribution in [-0.4, -0.2) is 69.3 Å². The molecule has 2 amide bonds. The van der Waals surface area contributed by atoms with E-state index in [2.05, 4.69) is 10.0 Å². The molecule has 10 heteroatoms. The van der Waals surface area contributed by atoms with Crippen LogP contribution in [-0.2, 0) is 19.6 Å². The first kappa shape index (κ1) is 23.8. The van der Waals surface area contributed by atoms with E-state index in [4.69, 9.17) is 9.47 Å². The third-order valence-electron chi connectivity index (χ3n) is 6.70. The van der Waals surface area contributed by atoms with Crippen molar-refractivity contribution in [2.75, 3.05) is 24.6 Å². The predicted molar refractivity (Wildman–Crippen MR) is 124 cm³/mol. The number of likely N-dealkylation sites (N-methyl/N-ethyl adjacent to an activating group) is 1. The van der Waals surface area contributed by atoms with Gasteiger partial charge in [0.05, 0.1) is 30.4 Å². The van der Waals surface area contributed by atoms with E-state index < -0.39 is 10.0 Å². The van der Waals surface area contributed by atoms with E-state index in [0.717, 1.165) is 19.1 Å². The summed E-state index contributed by atoms with van der Waals surface area (Å²) in [4.78, 5) is 27.4. The van der Waals surface area contributed by atoms with Gasteiger partial charge in [0.25, 0.3) is 5.91 Å². The van der Waals surface area contributed by atoms with E-state index in [0.29, 0.717) is 36.3 Å². The zero-order valence-corrected chi connectivity index (χ0v) is 20.0. The number of fused-ring (bicyclic) bond motifs is 2. The normalized spacial score (nSPS) is 26.3. The molecule has 2 N–H and O–H groups in total. The Morgan fingerprint density at radius 3 is 2.64 bits per heavy atom. The second kappa shape index (κ2) is 9.89. The standard InChI is InChI=1S/C23H33N3O6S/c1-26-19-10-9-17(13-22(27)24-15-6-4-3-5-7-15)32-21(19)14-31-20-11-8-16(25-33(2,29)30)12-18(20)23(26)28/h8,11-12,15,17,19,21,25H,3-7,9-10,13-14H2,1-2H3,(H,24,27)/t17-,19+,21-/m0/s1. The molecule has 0 bridgehead atoms. The Balaban J connectivity index is 1.42. The van der Waals surface area contributed by atoms with Crippen molar-refractivity contribution in [3.63, 3.8) is 0 Å². The lowest BCUT2D eigenvalue weighted by Crippen LogP contribution is -2.54. The lowest BCUT2D eigenvalue weighted by atomic mass is 9.93. The Bertz CT molecular complexity index is 992. The minimum atomic E-state index is -3.46. The van der Waals surface area contributed by atoms with Crippen LogP contribution >= 0.6 is 0 Å². The predicted octanol–water partition coefficient (Wildman–Crippen LogP) is 2.28. The number of nitrogens with zero attached hydrogens (tertiary/aromatic N) is 1. The second-order valence-corrected chi connectivity index (χ2v) is 11.1. The van der Waals surface area contributed by atoms with Gasteiger partial charge in [0.2, 0.25) is 15.9 Å². The fourth-order valence-corrected chi connectivity index (χ4v) is 5.60. The van der Waals surface area contributed by atoms with E-state index in [-0.39, 0.29) is 42.7 Å². The van der Waals surface area contributed by atoms with Crippen LogP contribution in [0.1, 0.15) is 61.7 Å². The topological polar surface area (TPSA) is 114 Å². The summed E-state index contributed by atoms with van der Waals surface area (Å²) in [6.07, 6.45) is 7.87. The number of ether oxygens (including phenoxy) is 2. The number of hydrogen-bond acceptors (Lipinski definition) is 6. The average Bonchev–Trinajstić information content (AvgIpc) is 2.76. The molecule has 182 valence electrons. The molecule has 0 radical (unpaired) electrons. The summed E-state index contributed by atoms with van der Waals surface area (Å²) in [6.45, 7) is 0.245. The quantitative estimate of drug-likeness (QED) is 0.670. The lowest BCUT2D eigenvalue weighted by Gasteiger charge is -2.42. The molecule has 1 saturated heterocycles. The largest absolute Gasteiger partial charge is 0.490 e. The molecule has 0 unspecified atom stereocenters. The first-order chi connectivity index (χ1) is 15.7. The molecular formula is C23H33N3O6S. The highest BCUT2D eigenvalue weighted by Crippen LogP contribution is 2.32. The van der Waals surface area contributed by atoms with Crippen molar-refractivity contribution in [3.05, 3.63) is 23.8 Å². The van der Waals surface area contributed by atoms with Gasteiger partial charge in [-0.1, -0.05) is 19.3 Å². The van der Waals surface area contributed by atoms with E-state index in [9.17, 15) is 18.0 Å². The summed E-state index contributed by atoms with van der Waals surface area (Å²) < 4.78 is 37.7. The third-order valence-corrected chi connectivity index (χ3v) is 7.30. The van der Waals surface area contributed by atoms with Crippen LogP contribution in [0.2, 0.25) is 0 Å². The smallest absolute Gasteiger partial charge is 0.257 e. The monoisotopic (exact) mass is 479 g/mol. The minimum Gasteiger partial charge on any atom is -0.490 e. The summed E-state index contributed by atoms with van der Waals surface area (Å²) in [5, 5.41) is 3.15. The molecule has 1 aromatic rings. The molecule has 1 aromatic carbocycles. The summed E-state index contributed by atoms with van der Waals surface area (Å²) in [6, 6.07) is 4.74. The molecular weight excluding hydrogens is 446 g/mol. The Hall–Kier alpha value is -2.33. The van der Waals surface area contributed by atoms with Gasteiger partial charge < -0.3 is 19.7 Å². The van der Waals surface area contributed by atoms with Crippen LogP contribution in [0.5, 0.6) is 5.75 Å². The number of anilines is 1. The van der Waals surface area contributed by atoms with Crippen molar-refractivity contribution in [2.24, 2.45) is 0 Å². The second-order valence-electron chi connectivity index (χ2n) is 9.36. The molecule has 4 rings (SSSR count). The number of carbonyl (C=O) groups excluding carboxylic acids is 2. The number of nitrogens with one attached hydrogen (secondary N) is 2. The van der Waals surface area contributed by atoms with E-state index >= 15 is 0 Å². The van der Waals surface area contributed by atoms with Gasteiger partial charge in [-0.05, 0) is 43.9 Å². The van der Waals surface area contributed by atoms with Gasteiger partial charge in [0.1, 0.15) is 18.5 Å². The highest BCUT2D eigenvalue weighted by molar-refractivity contribution is 7.92. The average molecular weight is 480 g/mol. The third kappa shape index (κ3) is 5.97. The van der Waals surface area contributed by atoms with Crippen LogP contribution < -0.4 is 14.8 Å². The van der Waals surface area contributed by atoms with Crippen molar-refractivity contribution in [1.29, 1.82) is 0 Å². The maximum Gasteiger partial charge on any atom is 0.257 e. The maximum absolute atomic E-state index is 13.2. The minimum absolute atomic E-state index is 0.0257. The van der Waals surface area contributed by atoms with Gasteiger partial charge in [-0.3, -0.25) is 14.3 Å². The number of carbonyl (C=O) groups is 2.